The second-order valence-corrected chi connectivity index (χ2v) is 7.99. The lowest BCUT2D eigenvalue weighted by molar-refractivity contribution is -0.132. The molecule has 4 rings (SSSR count). The first-order valence-electron chi connectivity index (χ1n) is 10.4. The first kappa shape index (κ1) is 22.4. The van der Waals surface area contributed by atoms with E-state index in [4.69, 9.17) is 16.3 Å². The predicted octanol–water partition coefficient (Wildman–Crippen LogP) is 5.38. The minimum Gasteiger partial charge on any atom is -0.507 e. The summed E-state index contributed by atoms with van der Waals surface area (Å²) in [5.74, 6) is -1.74. The number of rotatable bonds is 5. The number of halogens is 1. The SMILES string of the molecule is CCOc1cc(C2/C(=C(\O)c3ccccc3)C(=O)C(=O)N2c2cccc(Cl)c2C)ccc1O. The minimum absolute atomic E-state index is 0.0567. The molecule has 1 atom stereocenters. The van der Waals surface area contributed by atoms with Crippen molar-refractivity contribution in [1.29, 1.82) is 0 Å². The molecule has 3 aromatic rings. The monoisotopic (exact) mass is 463 g/mol. The van der Waals surface area contributed by atoms with Gasteiger partial charge in [-0.1, -0.05) is 54.1 Å². The molecule has 0 radical (unpaired) electrons. The molecule has 3 aromatic carbocycles. The van der Waals surface area contributed by atoms with E-state index < -0.39 is 17.7 Å². The molecule has 1 saturated heterocycles. The number of phenolic OH excluding ortho intramolecular Hbond substituents is 1. The fourth-order valence-electron chi connectivity index (χ4n) is 3.98. The van der Waals surface area contributed by atoms with Gasteiger partial charge in [-0.15, -0.1) is 0 Å². The van der Waals surface area contributed by atoms with Crippen molar-refractivity contribution >= 4 is 34.7 Å². The normalized spacial score (nSPS) is 17.4. The highest BCUT2D eigenvalue weighted by Crippen LogP contribution is 2.45. The molecule has 6 nitrogen and oxygen atoms in total. The minimum atomic E-state index is -0.956. The second-order valence-electron chi connectivity index (χ2n) is 7.58. The Morgan fingerprint density at radius 1 is 1.06 bits per heavy atom. The van der Waals surface area contributed by atoms with Crippen LogP contribution in [0.1, 0.15) is 29.7 Å². The number of aliphatic hydroxyl groups is 1. The summed E-state index contributed by atoms with van der Waals surface area (Å²) in [6.45, 7) is 3.85. The van der Waals surface area contributed by atoms with Crippen LogP contribution < -0.4 is 9.64 Å². The first-order chi connectivity index (χ1) is 15.8. The number of phenols is 1. The van der Waals surface area contributed by atoms with Crippen molar-refractivity contribution in [2.75, 3.05) is 11.5 Å². The first-order valence-corrected chi connectivity index (χ1v) is 10.8. The van der Waals surface area contributed by atoms with Crippen molar-refractivity contribution in [2.24, 2.45) is 0 Å². The third-order valence-corrected chi connectivity index (χ3v) is 6.00. The largest absolute Gasteiger partial charge is 0.507 e. The number of anilines is 1. The van der Waals surface area contributed by atoms with Crippen molar-refractivity contribution in [3.8, 4) is 11.5 Å². The van der Waals surface area contributed by atoms with E-state index in [-0.39, 0.29) is 22.8 Å². The van der Waals surface area contributed by atoms with Crippen LogP contribution >= 0.6 is 11.6 Å². The van der Waals surface area contributed by atoms with E-state index in [2.05, 4.69) is 0 Å². The quantitative estimate of drug-likeness (QED) is 0.301. The van der Waals surface area contributed by atoms with Gasteiger partial charge in [0, 0.05) is 16.3 Å². The molecule has 0 spiro atoms. The lowest BCUT2D eigenvalue weighted by Gasteiger charge is -2.27. The summed E-state index contributed by atoms with van der Waals surface area (Å²) in [7, 11) is 0. The highest BCUT2D eigenvalue weighted by Gasteiger charge is 2.47. The van der Waals surface area contributed by atoms with Crippen LogP contribution in [0.15, 0.2) is 72.3 Å². The molecule has 0 aromatic heterocycles. The molecule has 1 unspecified atom stereocenters. The number of carbonyl (C=O) groups excluding carboxylic acids is 2. The molecule has 1 fully saturated rings. The van der Waals surface area contributed by atoms with Crippen LogP contribution in [0.2, 0.25) is 5.02 Å². The number of benzene rings is 3. The number of Topliss-reactive ketones (excluding diaryl/α,β-unsaturated/α-hetero) is 1. The van der Waals surface area contributed by atoms with Crippen LogP contribution in [0.3, 0.4) is 0 Å². The summed E-state index contributed by atoms with van der Waals surface area (Å²) >= 11 is 6.31. The third-order valence-electron chi connectivity index (χ3n) is 5.59. The van der Waals surface area contributed by atoms with E-state index in [0.29, 0.717) is 34.0 Å². The van der Waals surface area contributed by atoms with Crippen LogP contribution in [0.4, 0.5) is 5.69 Å². The predicted molar refractivity (Wildman–Crippen MR) is 127 cm³/mol. The molecule has 1 amide bonds. The molecule has 2 N–H and O–H groups in total. The van der Waals surface area contributed by atoms with Crippen molar-refractivity contribution in [3.63, 3.8) is 0 Å². The number of carbonyl (C=O) groups is 2. The highest BCUT2D eigenvalue weighted by atomic mass is 35.5. The van der Waals surface area contributed by atoms with Gasteiger partial charge >= 0.3 is 0 Å². The lowest BCUT2D eigenvalue weighted by atomic mass is 9.94. The van der Waals surface area contributed by atoms with E-state index in [1.54, 1.807) is 74.5 Å². The average molecular weight is 464 g/mol. The smallest absolute Gasteiger partial charge is 0.300 e. The summed E-state index contributed by atoms with van der Waals surface area (Å²) in [5, 5.41) is 21.7. The Morgan fingerprint density at radius 3 is 2.48 bits per heavy atom. The molecular weight excluding hydrogens is 442 g/mol. The molecule has 0 aliphatic carbocycles. The third kappa shape index (κ3) is 3.94. The number of nitrogens with zero attached hydrogens (tertiary/aromatic N) is 1. The van der Waals surface area contributed by atoms with Crippen molar-refractivity contribution in [2.45, 2.75) is 19.9 Å². The fourth-order valence-corrected chi connectivity index (χ4v) is 4.15. The maximum atomic E-state index is 13.3. The summed E-state index contributed by atoms with van der Waals surface area (Å²) in [6.07, 6.45) is 0. The molecule has 1 aliphatic rings. The van der Waals surface area contributed by atoms with E-state index >= 15 is 0 Å². The Morgan fingerprint density at radius 2 is 1.79 bits per heavy atom. The number of hydrogen-bond donors (Lipinski definition) is 2. The van der Waals surface area contributed by atoms with Crippen LogP contribution in [0.25, 0.3) is 5.76 Å². The van der Waals surface area contributed by atoms with E-state index in [1.807, 2.05) is 0 Å². The Balaban J connectivity index is 1.99. The summed E-state index contributed by atoms with van der Waals surface area (Å²) in [4.78, 5) is 27.9. The Hall–Kier alpha value is -3.77. The van der Waals surface area contributed by atoms with E-state index in [1.165, 1.54) is 11.0 Å². The van der Waals surface area contributed by atoms with Gasteiger partial charge in [-0.3, -0.25) is 14.5 Å². The number of aromatic hydroxyl groups is 1. The van der Waals surface area contributed by atoms with Crippen LogP contribution in [-0.2, 0) is 9.59 Å². The molecule has 33 heavy (non-hydrogen) atoms. The second kappa shape index (κ2) is 9.00. The number of hydrogen-bond acceptors (Lipinski definition) is 5. The van der Waals surface area contributed by atoms with E-state index in [9.17, 15) is 19.8 Å². The van der Waals surface area contributed by atoms with Gasteiger partial charge in [-0.05, 0) is 49.2 Å². The van der Waals surface area contributed by atoms with Crippen molar-refractivity contribution < 1.29 is 24.5 Å². The zero-order valence-corrected chi connectivity index (χ0v) is 18.8. The Kier molecular flexibility index (Phi) is 6.11. The van der Waals surface area contributed by atoms with Gasteiger partial charge in [-0.25, -0.2) is 0 Å². The number of amides is 1. The van der Waals surface area contributed by atoms with E-state index in [0.717, 1.165) is 0 Å². The number of ketones is 1. The lowest BCUT2D eigenvalue weighted by Crippen LogP contribution is -2.30. The maximum absolute atomic E-state index is 13.3. The van der Waals surface area contributed by atoms with Gasteiger partial charge < -0.3 is 14.9 Å². The van der Waals surface area contributed by atoms with Crippen LogP contribution in [0, 0.1) is 6.92 Å². The van der Waals surface area contributed by atoms with Crippen LogP contribution in [0.5, 0.6) is 11.5 Å². The van der Waals surface area contributed by atoms with Crippen molar-refractivity contribution in [3.05, 3.63) is 94.0 Å². The highest BCUT2D eigenvalue weighted by molar-refractivity contribution is 6.52. The van der Waals surface area contributed by atoms with Crippen molar-refractivity contribution in [1.82, 2.24) is 0 Å². The van der Waals surface area contributed by atoms with Gasteiger partial charge in [0.15, 0.2) is 11.5 Å². The molecule has 1 heterocycles. The molecule has 1 aliphatic heterocycles. The van der Waals surface area contributed by atoms with Gasteiger partial charge in [0.2, 0.25) is 0 Å². The summed E-state index contributed by atoms with van der Waals surface area (Å²) in [5.41, 5.74) is 1.92. The van der Waals surface area contributed by atoms with Crippen LogP contribution in [-0.4, -0.2) is 28.5 Å². The maximum Gasteiger partial charge on any atom is 0.300 e. The topological polar surface area (TPSA) is 87.1 Å². The number of ether oxygens (including phenoxy) is 1. The number of aliphatic hydroxyl groups excluding tert-OH is 1. The molecule has 0 bridgehead atoms. The Labute approximate surface area is 196 Å². The summed E-state index contributed by atoms with van der Waals surface area (Å²) < 4.78 is 5.52. The average Bonchev–Trinajstić information content (AvgIpc) is 3.08. The fraction of sp³-hybridized carbons (Fsp3) is 0.154. The van der Waals surface area contributed by atoms with Gasteiger partial charge in [0.1, 0.15) is 5.76 Å². The zero-order valence-electron chi connectivity index (χ0n) is 18.1. The molecule has 7 heteroatoms. The summed E-state index contributed by atoms with van der Waals surface area (Å²) in [6, 6.07) is 17.3. The zero-order chi connectivity index (χ0) is 23.7. The van der Waals surface area contributed by atoms with Gasteiger partial charge in [0.05, 0.1) is 18.2 Å². The molecule has 168 valence electrons. The molecular formula is C26H22ClNO5. The molecule has 0 saturated carbocycles. The van der Waals surface area contributed by atoms with Gasteiger partial charge in [-0.2, -0.15) is 0 Å². The standard InChI is InChI=1S/C26H22ClNO5/c1-3-33-21-14-17(12-13-20(21)29)23-22(24(30)16-8-5-4-6-9-16)25(31)26(32)28(23)19-11-7-10-18(27)15(19)2/h4-14,23,29-30H,3H2,1-2H3/b24-22+. The Bertz CT molecular complexity index is 1270. The van der Waals surface area contributed by atoms with Gasteiger partial charge in [0.25, 0.3) is 11.7 Å².